The molecule has 0 aromatic heterocycles. The molecule has 0 radical (unpaired) electrons. The number of aliphatic imine (C=N–C) groups is 1. The Hall–Kier alpha value is -2.86. The molecular formula is C26H37N5O. The maximum Gasteiger partial charge on any atom is 0.251 e. The predicted molar refractivity (Wildman–Crippen MR) is 132 cm³/mol. The number of nitrogens with one attached hydrogen (secondary N) is 3. The Morgan fingerprint density at radius 2 is 1.81 bits per heavy atom. The Morgan fingerprint density at radius 3 is 2.50 bits per heavy atom. The number of piperidine rings is 1. The monoisotopic (exact) mass is 435 g/mol. The summed E-state index contributed by atoms with van der Waals surface area (Å²) in [4.78, 5) is 19.3. The lowest BCUT2D eigenvalue weighted by Gasteiger charge is -2.33. The Labute approximate surface area is 192 Å². The summed E-state index contributed by atoms with van der Waals surface area (Å²) in [5, 5.41) is 9.98. The minimum absolute atomic E-state index is 0.0223. The second kappa shape index (κ2) is 12.2. The van der Waals surface area contributed by atoms with Crippen molar-refractivity contribution in [2.75, 3.05) is 20.1 Å². The number of carbonyl (C=O) groups excluding carboxylic acids is 1. The maximum absolute atomic E-state index is 12.4. The highest BCUT2D eigenvalue weighted by Crippen LogP contribution is 2.14. The molecular weight excluding hydrogens is 398 g/mol. The number of hydrogen-bond acceptors (Lipinski definition) is 3. The molecule has 1 saturated heterocycles. The standard InChI is InChI=1S/C26H37N5O/c1-4-20(2)29-25(32)23-12-8-11-22(17-23)18-28-26(27-3)30-24-13-15-31(16-14-24)19-21-9-6-5-7-10-21/h5-12,17,20,24H,4,13-16,18-19H2,1-3H3,(H,29,32)(H2,27,28,30). The third-order valence-electron chi connectivity index (χ3n) is 6.04. The van der Waals surface area contributed by atoms with Gasteiger partial charge in [0.15, 0.2) is 5.96 Å². The van der Waals surface area contributed by atoms with Crippen LogP contribution in [-0.4, -0.2) is 49.0 Å². The molecule has 3 N–H and O–H groups in total. The van der Waals surface area contributed by atoms with E-state index in [4.69, 9.17) is 0 Å². The zero-order valence-electron chi connectivity index (χ0n) is 19.6. The number of hydrogen-bond donors (Lipinski definition) is 3. The smallest absolute Gasteiger partial charge is 0.251 e. The second-order valence-corrected chi connectivity index (χ2v) is 8.59. The molecule has 0 bridgehead atoms. The molecule has 1 amide bonds. The topological polar surface area (TPSA) is 68.8 Å². The third-order valence-corrected chi connectivity index (χ3v) is 6.04. The van der Waals surface area contributed by atoms with Crippen molar-refractivity contribution in [2.45, 2.75) is 58.3 Å². The van der Waals surface area contributed by atoms with Gasteiger partial charge < -0.3 is 16.0 Å². The normalized spacial score (nSPS) is 16.4. The van der Waals surface area contributed by atoms with E-state index in [1.807, 2.05) is 31.2 Å². The first kappa shape index (κ1) is 23.8. The van der Waals surface area contributed by atoms with Crippen molar-refractivity contribution >= 4 is 11.9 Å². The van der Waals surface area contributed by atoms with Crippen molar-refractivity contribution in [3.63, 3.8) is 0 Å². The number of guanidine groups is 1. The van der Waals surface area contributed by atoms with Gasteiger partial charge in [0.25, 0.3) is 5.91 Å². The minimum Gasteiger partial charge on any atom is -0.354 e. The molecule has 1 aliphatic rings. The largest absolute Gasteiger partial charge is 0.354 e. The quantitative estimate of drug-likeness (QED) is 0.438. The number of nitrogens with zero attached hydrogens (tertiary/aromatic N) is 2. The van der Waals surface area contributed by atoms with E-state index in [1.165, 1.54) is 5.56 Å². The molecule has 1 unspecified atom stereocenters. The van der Waals surface area contributed by atoms with Gasteiger partial charge in [-0.05, 0) is 49.4 Å². The SMILES string of the molecule is CCC(C)NC(=O)c1cccc(CNC(=NC)NC2CCN(Cc3ccccc3)CC2)c1. The molecule has 32 heavy (non-hydrogen) atoms. The first-order chi connectivity index (χ1) is 15.6. The molecule has 0 aliphatic carbocycles. The van der Waals surface area contributed by atoms with Crippen LogP contribution in [0.1, 0.15) is 54.6 Å². The first-order valence-electron chi connectivity index (χ1n) is 11.7. The van der Waals surface area contributed by atoms with E-state index in [1.54, 1.807) is 7.05 Å². The minimum atomic E-state index is -0.0223. The number of benzene rings is 2. The van der Waals surface area contributed by atoms with Gasteiger partial charge in [-0.15, -0.1) is 0 Å². The van der Waals surface area contributed by atoms with Gasteiger partial charge in [0.1, 0.15) is 0 Å². The number of rotatable bonds is 8. The molecule has 172 valence electrons. The van der Waals surface area contributed by atoms with E-state index in [0.29, 0.717) is 18.2 Å². The van der Waals surface area contributed by atoms with Gasteiger partial charge in [0, 0.05) is 50.9 Å². The lowest BCUT2D eigenvalue weighted by Crippen LogP contribution is -2.48. The average Bonchev–Trinajstić information content (AvgIpc) is 2.83. The summed E-state index contributed by atoms with van der Waals surface area (Å²) in [6.45, 7) is 7.88. The van der Waals surface area contributed by atoms with Crippen molar-refractivity contribution in [3.8, 4) is 0 Å². The fraction of sp³-hybridized carbons (Fsp3) is 0.462. The Bertz CT molecular complexity index is 875. The second-order valence-electron chi connectivity index (χ2n) is 8.59. The fourth-order valence-electron chi connectivity index (χ4n) is 3.88. The van der Waals surface area contributed by atoms with Gasteiger partial charge in [-0.1, -0.05) is 49.4 Å². The molecule has 1 atom stereocenters. The van der Waals surface area contributed by atoms with Gasteiger partial charge in [-0.3, -0.25) is 14.7 Å². The van der Waals surface area contributed by atoms with Crippen molar-refractivity contribution in [1.29, 1.82) is 0 Å². The average molecular weight is 436 g/mol. The van der Waals surface area contributed by atoms with Crippen molar-refractivity contribution < 1.29 is 4.79 Å². The van der Waals surface area contributed by atoms with Crippen LogP contribution < -0.4 is 16.0 Å². The summed E-state index contributed by atoms with van der Waals surface area (Å²) in [6.07, 6.45) is 3.11. The summed E-state index contributed by atoms with van der Waals surface area (Å²) in [5.74, 6) is 0.784. The highest BCUT2D eigenvalue weighted by Gasteiger charge is 2.20. The zero-order valence-corrected chi connectivity index (χ0v) is 19.6. The van der Waals surface area contributed by atoms with Crippen LogP contribution in [-0.2, 0) is 13.1 Å². The molecule has 0 spiro atoms. The molecule has 1 fully saturated rings. The van der Waals surface area contributed by atoms with E-state index in [9.17, 15) is 4.79 Å². The van der Waals surface area contributed by atoms with Gasteiger partial charge in [0.05, 0.1) is 0 Å². The lowest BCUT2D eigenvalue weighted by molar-refractivity contribution is 0.0939. The van der Waals surface area contributed by atoms with Gasteiger partial charge in [0.2, 0.25) is 0 Å². The molecule has 3 rings (SSSR count). The third kappa shape index (κ3) is 7.38. The summed E-state index contributed by atoms with van der Waals surface area (Å²) in [6, 6.07) is 19.0. The fourth-order valence-corrected chi connectivity index (χ4v) is 3.88. The van der Waals surface area contributed by atoms with Gasteiger partial charge in [-0.2, -0.15) is 0 Å². The highest BCUT2D eigenvalue weighted by atomic mass is 16.1. The molecule has 2 aromatic rings. The number of likely N-dealkylation sites (tertiary alicyclic amines) is 1. The van der Waals surface area contributed by atoms with E-state index in [-0.39, 0.29) is 11.9 Å². The van der Waals surface area contributed by atoms with Crippen LogP contribution in [0.25, 0.3) is 0 Å². The van der Waals surface area contributed by atoms with E-state index >= 15 is 0 Å². The summed E-state index contributed by atoms with van der Waals surface area (Å²) in [7, 11) is 1.80. The van der Waals surface area contributed by atoms with Gasteiger partial charge >= 0.3 is 0 Å². The van der Waals surface area contributed by atoms with Crippen LogP contribution in [0.5, 0.6) is 0 Å². The van der Waals surface area contributed by atoms with Crippen LogP contribution in [0, 0.1) is 0 Å². The van der Waals surface area contributed by atoms with E-state index in [0.717, 1.165) is 50.4 Å². The Balaban J connectivity index is 1.44. The van der Waals surface area contributed by atoms with Crippen LogP contribution in [0.4, 0.5) is 0 Å². The van der Waals surface area contributed by atoms with Crippen LogP contribution >= 0.6 is 0 Å². The zero-order chi connectivity index (χ0) is 22.8. The number of carbonyl (C=O) groups is 1. The van der Waals surface area contributed by atoms with E-state index in [2.05, 4.69) is 63.1 Å². The van der Waals surface area contributed by atoms with Crippen molar-refractivity contribution in [2.24, 2.45) is 4.99 Å². The lowest BCUT2D eigenvalue weighted by atomic mass is 10.0. The maximum atomic E-state index is 12.4. The van der Waals surface area contributed by atoms with Crippen LogP contribution in [0.15, 0.2) is 59.6 Å². The summed E-state index contributed by atoms with van der Waals surface area (Å²) >= 11 is 0. The molecule has 6 heteroatoms. The van der Waals surface area contributed by atoms with Crippen molar-refractivity contribution in [3.05, 3.63) is 71.3 Å². The Morgan fingerprint density at radius 1 is 1.09 bits per heavy atom. The predicted octanol–water partition coefficient (Wildman–Crippen LogP) is 3.54. The van der Waals surface area contributed by atoms with Crippen LogP contribution in [0.3, 0.4) is 0 Å². The molecule has 0 saturated carbocycles. The van der Waals surface area contributed by atoms with Crippen molar-refractivity contribution in [1.82, 2.24) is 20.9 Å². The number of amides is 1. The van der Waals surface area contributed by atoms with E-state index < -0.39 is 0 Å². The molecule has 1 aliphatic heterocycles. The summed E-state index contributed by atoms with van der Waals surface area (Å²) < 4.78 is 0. The molecule has 2 aromatic carbocycles. The Kier molecular flexibility index (Phi) is 9.11. The molecule has 6 nitrogen and oxygen atoms in total. The first-order valence-corrected chi connectivity index (χ1v) is 11.7. The highest BCUT2D eigenvalue weighted by molar-refractivity contribution is 5.94. The summed E-state index contributed by atoms with van der Waals surface area (Å²) in [5.41, 5.74) is 3.12. The van der Waals surface area contributed by atoms with Gasteiger partial charge in [-0.25, -0.2) is 0 Å². The molecule has 1 heterocycles. The van der Waals surface area contributed by atoms with Crippen LogP contribution in [0.2, 0.25) is 0 Å².